The maximum Gasteiger partial charge on any atom is 0.244 e. The smallest absolute Gasteiger partial charge is 0.244 e. The predicted molar refractivity (Wildman–Crippen MR) is 73.7 cm³/mol. The lowest BCUT2D eigenvalue weighted by Crippen LogP contribution is -2.49. The Morgan fingerprint density at radius 3 is 2.70 bits per heavy atom. The molecule has 0 aliphatic rings. The molecule has 2 rings (SSSR count). The fourth-order valence-corrected chi connectivity index (χ4v) is 1.83. The lowest BCUT2D eigenvalue weighted by Gasteiger charge is -2.23. The van der Waals surface area contributed by atoms with Gasteiger partial charge in [-0.15, -0.1) is 0 Å². The van der Waals surface area contributed by atoms with Gasteiger partial charge in [0.05, 0.1) is 0 Å². The summed E-state index contributed by atoms with van der Waals surface area (Å²) in [4.78, 5) is 16.2. The Morgan fingerprint density at radius 2 is 2.10 bits per heavy atom. The van der Waals surface area contributed by atoms with Crippen molar-refractivity contribution >= 4 is 5.91 Å². The summed E-state index contributed by atoms with van der Waals surface area (Å²) < 4.78 is 4.86. The lowest BCUT2D eigenvalue weighted by molar-refractivity contribution is -0.126. The van der Waals surface area contributed by atoms with E-state index < -0.39 is 5.54 Å². The number of benzene rings is 1. The molecule has 1 amide bonds. The average Bonchev–Trinajstić information content (AvgIpc) is 2.85. The molecule has 6 nitrogen and oxygen atoms in total. The van der Waals surface area contributed by atoms with Gasteiger partial charge in [-0.25, -0.2) is 0 Å². The van der Waals surface area contributed by atoms with Gasteiger partial charge in [0, 0.05) is 19.9 Å². The molecule has 1 heterocycles. The van der Waals surface area contributed by atoms with Crippen molar-refractivity contribution in [1.82, 2.24) is 15.5 Å². The number of carbonyl (C=O) groups excluding carboxylic acids is 1. The zero-order chi connectivity index (χ0) is 14.6. The summed E-state index contributed by atoms with van der Waals surface area (Å²) >= 11 is 0. The van der Waals surface area contributed by atoms with Crippen molar-refractivity contribution in [2.24, 2.45) is 5.73 Å². The molecule has 0 bridgehead atoms. The van der Waals surface area contributed by atoms with E-state index >= 15 is 0 Å². The Morgan fingerprint density at radius 1 is 1.40 bits per heavy atom. The minimum absolute atomic E-state index is 0.232. The molecule has 1 atom stereocenters. The van der Waals surface area contributed by atoms with E-state index in [1.54, 1.807) is 13.8 Å². The molecule has 1 aromatic heterocycles. The number of hydrogen-bond donors (Lipinski definition) is 2. The van der Waals surface area contributed by atoms with E-state index in [4.69, 9.17) is 10.3 Å². The van der Waals surface area contributed by atoms with E-state index in [0.29, 0.717) is 24.7 Å². The molecule has 0 aliphatic carbocycles. The summed E-state index contributed by atoms with van der Waals surface area (Å²) in [6, 6.07) is 9.27. The van der Waals surface area contributed by atoms with Crippen LogP contribution in [-0.2, 0) is 16.8 Å². The largest absolute Gasteiger partial charge is 0.354 e. The second kappa shape index (κ2) is 5.83. The molecule has 0 fully saturated rings. The molecule has 1 unspecified atom stereocenters. The predicted octanol–water partition coefficient (Wildman–Crippen LogP) is 0.911. The number of rotatable bonds is 5. The minimum atomic E-state index is -1.06. The highest BCUT2D eigenvalue weighted by Crippen LogP contribution is 2.17. The van der Waals surface area contributed by atoms with Gasteiger partial charge in [-0.3, -0.25) is 4.79 Å². The van der Waals surface area contributed by atoms with Crippen LogP contribution in [0.1, 0.15) is 24.2 Å². The van der Waals surface area contributed by atoms with E-state index in [2.05, 4.69) is 15.5 Å². The third kappa shape index (κ3) is 3.21. The summed E-state index contributed by atoms with van der Waals surface area (Å²) in [5, 5.41) is 6.56. The molecule has 0 aliphatic heterocycles. The number of aryl methyl sites for hydroxylation is 1. The molecule has 3 N–H and O–H groups in total. The van der Waals surface area contributed by atoms with Crippen molar-refractivity contribution < 1.29 is 9.32 Å². The molecule has 0 saturated carbocycles. The normalized spacial score (nSPS) is 13.8. The third-order valence-electron chi connectivity index (χ3n) is 3.05. The summed E-state index contributed by atoms with van der Waals surface area (Å²) in [6.45, 7) is 3.83. The number of hydrogen-bond acceptors (Lipinski definition) is 5. The van der Waals surface area contributed by atoms with Crippen LogP contribution in [0.25, 0.3) is 0 Å². The summed E-state index contributed by atoms with van der Waals surface area (Å²) in [6.07, 6.45) is 0.508. The van der Waals surface area contributed by atoms with E-state index in [9.17, 15) is 4.79 Å². The highest BCUT2D eigenvalue weighted by atomic mass is 16.5. The van der Waals surface area contributed by atoms with Crippen molar-refractivity contribution in [3.8, 4) is 0 Å². The van der Waals surface area contributed by atoms with E-state index in [0.717, 1.165) is 5.56 Å². The lowest BCUT2D eigenvalue weighted by atomic mass is 9.92. The Hall–Kier alpha value is -2.21. The van der Waals surface area contributed by atoms with Gasteiger partial charge in [0.15, 0.2) is 5.82 Å². The van der Waals surface area contributed by atoms with Crippen molar-refractivity contribution in [3.05, 3.63) is 47.6 Å². The van der Waals surface area contributed by atoms with Crippen molar-refractivity contribution in [1.29, 1.82) is 0 Å². The first kappa shape index (κ1) is 14.2. The Bertz CT molecular complexity index is 578. The third-order valence-corrected chi connectivity index (χ3v) is 3.05. The van der Waals surface area contributed by atoms with Crippen LogP contribution in [0, 0.1) is 6.92 Å². The number of nitrogens with zero attached hydrogens (tertiary/aromatic N) is 2. The molecule has 6 heteroatoms. The Balaban J connectivity index is 1.91. The number of nitrogens with two attached hydrogens (primary N) is 1. The van der Waals surface area contributed by atoms with Crippen LogP contribution in [0.3, 0.4) is 0 Å². The second-order valence-electron chi connectivity index (χ2n) is 4.80. The van der Waals surface area contributed by atoms with Crippen LogP contribution in [0.2, 0.25) is 0 Å². The van der Waals surface area contributed by atoms with Crippen LogP contribution in [0.15, 0.2) is 34.9 Å². The van der Waals surface area contributed by atoms with Gasteiger partial charge in [0.2, 0.25) is 11.8 Å². The number of aromatic nitrogens is 2. The fourth-order valence-electron chi connectivity index (χ4n) is 1.83. The molecule has 0 radical (unpaired) electrons. The molecule has 2 aromatic rings. The topological polar surface area (TPSA) is 94.0 Å². The van der Waals surface area contributed by atoms with Crippen molar-refractivity contribution in [3.63, 3.8) is 0 Å². The zero-order valence-electron chi connectivity index (χ0n) is 11.6. The maximum atomic E-state index is 12.2. The summed E-state index contributed by atoms with van der Waals surface area (Å²) in [7, 11) is 0. The van der Waals surface area contributed by atoms with Gasteiger partial charge < -0.3 is 15.6 Å². The average molecular weight is 274 g/mol. The van der Waals surface area contributed by atoms with Crippen molar-refractivity contribution in [2.45, 2.75) is 25.8 Å². The number of amides is 1. The number of carbonyl (C=O) groups is 1. The van der Waals surface area contributed by atoms with Crippen LogP contribution >= 0.6 is 0 Å². The first-order valence-corrected chi connectivity index (χ1v) is 6.42. The highest BCUT2D eigenvalue weighted by Gasteiger charge is 2.29. The van der Waals surface area contributed by atoms with Gasteiger partial charge in [0.1, 0.15) is 5.54 Å². The first-order chi connectivity index (χ1) is 9.50. The zero-order valence-corrected chi connectivity index (χ0v) is 11.6. The highest BCUT2D eigenvalue weighted by molar-refractivity contribution is 5.86. The van der Waals surface area contributed by atoms with Gasteiger partial charge in [0.25, 0.3) is 0 Å². The molecule has 20 heavy (non-hydrogen) atoms. The molecular weight excluding hydrogens is 256 g/mol. The van der Waals surface area contributed by atoms with Gasteiger partial charge in [-0.05, 0) is 12.5 Å². The maximum absolute atomic E-state index is 12.2. The first-order valence-electron chi connectivity index (χ1n) is 6.42. The fraction of sp³-hybridized carbons (Fsp3) is 0.357. The van der Waals surface area contributed by atoms with Crippen LogP contribution in [0.4, 0.5) is 0 Å². The van der Waals surface area contributed by atoms with Gasteiger partial charge in [-0.1, -0.05) is 35.5 Å². The monoisotopic (exact) mass is 274 g/mol. The molecular formula is C14H18N4O2. The standard InChI is InChI=1S/C14H18N4O2/c1-10-17-12(18-20-10)8-9-16-13(19)14(2,15)11-6-4-3-5-7-11/h3-7H,8-9,15H2,1-2H3,(H,16,19). The van der Waals surface area contributed by atoms with Crippen LogP contribution < -0.4 is 11.1 Å². The molecule has 0 saturated heterocycles. The number of nitrogens with one attached hydrogen (secondary N) is 1. The van der Waals surface area contributed by atoms with Gasteiger partial charge >= 0.3 is 0 Å². The van der Waals surface area contributed by atoms with E-state index in [-0.39, 0.29) is 5.91 Å². The summed E-state index contributed by atoms with van der Waals surface area (Å²) in [5.74, 6) is 0.851. The molecule has 106 valence electrons. The van der Waals surface area contributed by atoms with Crippen molar-refractivity contribution in [2.75, 3.05) is 6.54 Å². The Kier molecular flexibility index (Phi) is 4.14. The summed E-state index contributed by atoms with van der Waals surface area (Å²) in [5.41, 5.74) is 5.81. The van der Waals surface area contributed by atoms with Crippen LogP contribution in [-0.4, -0.2) is 22.6 Å². The molecule has 1 aromatic carbocycles. The SMILES string of the molecule is Cc1nc(CCNC(=O)C(C)(N)c2ccccc2)no1. The van der Waals surface area contributed by atoms with E-state index in [1.165, 1.54) is 0 Å². The minimum Gasteiger partial charge on any atom is -0.354 e. The van der Waals surface area contributed by atoms with Crippen LogP contribution in [0.5, 0.6) is 0 Å². The molecule has 0 spiro atoms. The van der Waals surface area contributed by atoms with E-state index in [1.807, 2.05) is 30.3 Å². The quantitative estimate of drug-likeness (QED) is 0.845. The Labute approximate surface area is 117 Å². The second-order valence-corrected chi connectivity index (χ2v) is 4.80. The van der Waals surface area contributed by atoms with Gasteiger partial charge in [-0.2, -0.15) is 4.98 Å².